The van der Waals surface area contributed by atoms with Gasteiger partial charge in [-0.1, -0.05) is 24.3 Å². The van der Waals surface area contributed by atoms with Crippen LogP contribution in [0.25, 0.3) is 5.69 Å². The van der Waals surface area contributed by atoms with Crippen LogP contribution in [-0.2, 0) is 11.3 Å². The van der Waals surface area contributed by atoms with E-state index in [1.54, 1.807) is 36.4 Å². The first-order chi connectivity index (χ1) is 18.1. The smallest absolute Gasteiger partial charge is 0.289 e. The lowest BCUT2D eigenvalue weighted by Gasteiger charge is -2.24. The Kier molecular flexibility index (Phi) is 7.73. The summed E-state index contributed by atoms with van der Waals surface area (Å²) in [5, 5.41) is 11.5. The number of hydrogen-bond acceptors (Lipinski definition) is 7. The molecule has 9 nitrogen and oxygen atoms in total. The van der Waals surface area contributed by atoms with E-state index < -0.39 is 28.5 Å². The lowest BCUT2D eigenvalue weighted by molar-refractivity contribution is -0.0193. The van der Waals surface area contributed by atoms with Gasteiger partial charge in [0, 0.05) is 19.0 Å². The first-order valence-electron chi connectivity index (χ1n) is 12.3. The Morgan fingerprint density at radius 3 is 2.37 bits per heavy atom. The van der Waals surface area contributed by atoms with Gasteiger partial charge in [0.05, 0.1) is 19.8 Å². The van der Waals surface area contributed by atoms with E-state index in [9.17, 15) is 19.1 Å². The minimum Gasteiger partial charge on any atom is -0.494 e. The summed E-state index contributed by atoms with van der Waals surface area (Å²) in [5.41, 5.74) is -1.19. The number of nitrogens with zero attached hydrogens (tertiary/aromatic N) is 3. The topological polar surface area (TPSA) is 103 Å². The minimum absolute atomic E-state index is 0.0624. The number of aromatic nitrogens is 2. The summed E-state index contributed by atoms with van der Waals surface area (Å²) in [6.07, 6.45) is 0.521. The number of amides is 1. The highest BCUT2D eigenvalue weighted by Crippen LogP contribution is 2.37. The number of benzene rings is 2. The van der Waals surface area contributed by atoms with Crippen LogP contribution in [0.1, 0.15) is 54.9 Å². The van der Waals surface area contributed by atoms with E-state index in [4.69, 9.17) is 14.2 Å². The third-order valence-corrected chi connectivity index (χ3v) is 6.43. The zero-order valence-electron chi connectivity index (χ0n) is 22.2. The molecule has 2 aromatic carbocycles. The van der Waals surface area contributed by atoms with Crippen LogP contribution in [-0.4, -0.2) is 58.4 Å². The molecule has 3 aromatic rings. The van der Waals surface area contributed by atoms with Gasteiger partial charge in [-0.2, -0.15) is 4.98 Å². The first-order valence-corrected chi connectivity index (χ1v) is 12.3. The molecule has 10 heteroatoms. The number of hydrogen-bond donors (Lipinski definition) is 1. The van der Waals surface area contributed by atoms with Crippen molar-refractivity contribution < 1.29 is 28.5 Å². The summed E-state index contributed by atoms with van der Waals surface area (Å²) in [6, 6.07) is 11.5. The van der Waals surface area contributed by atoms with Gasteiger partial charge in [-0.3, -0.25) is 14.2 Å². The molecular formula is C28H32FN3O6. The van der Waals surface area contributed by atoms with Gasteiger partial charge in [0.15, 0.2) is 5.56 Å². The van der Waals surface area contributed by atoms with E-state index in [2.05, 4.69) is 4.98 Å². The fourth-order valence-corrected chi connectivity index (χ4v) is 4.57. The molecule has 1 atom stereocenters. The molecule has 1 aliphatic heterocycles. The number of para-hydroxylation sites is 1. The van der Waals surface area contributed by atoms with Crippen LogP contribution < -0.4 is 15.0 Å². The average molecular weight is 526 g/mol. The number of methoxy groups -OCH3 is 2. The van der Waals surface area contributed by atoms with Crippen molar-refractivity contribution in [3.8, 4) is 23.1 Å². The fourth-order valence-electron chi connectivity index (χ4n) is 4.57. The summed E-state index contributed by atoms with van der Waals surface area (Å²) in [4.78, 5) is 32.4. The predicted octanol–water partition coefficient (Wildman–Crippen LogP) is 4.04. The van der Waals surface area contributed by atoms with Gasteiger partial charge >= 0.3 is 0 Å². The van der Waals surface area contributed by atoms with Gasteiger partial charge in [-0.25, -0.2) is 4.39 Å². The molecule has 0 aliphatic carbocycles. The second kappa shape index (κ2) is 10.8. The number of ether oxygens (including phenoxy) is 3. The summed E-state index contributed by atoms with van der Waals surface area (Å²) in [7, 11) is 2.91. The largest absolute Gasteiger partial charge is 0.494 e. The van der Waals surface area contributed by atoms with Crippen molar-refractivity contribution in [3.05, 3.63) is 75.6 Å². The number of aromatic hydroxyl groups is 1. The molecule has 1 saturated heterocycles. The van der Waals surface area contributed by atoms with Gasteiger partial charge in [0.1, 0.15) is 35.4 Å². The molecule has 38 heavy (non-hydrogen) atoms. The zero-order valence-corrected chi connectivity index (χ0v) is 22.2. The van der Waals surface area contributed by atoms with E-state index >= 15 is 0 Å². The molecule has 202 valence electrons. The van der Waals surface area contributed by atoms with Crippen LogP contribution in [0.5, 0.6) is 17.4 Å². The molecule has 2 heterocycles. The average Bonchev–Trinajstić information content (AvgIpc) is 3.37. The predicted molar refractivity (Wildman–Crippen MR) is 139 cm³/mol. The maximum absolute atomic E-state index is 14.4. The van der Waals surface area contributed by atoms with Crippen molar-refractivity contribution in [1.29, 1.82) is 0 Å². The first kappa shape index (κ1) is 27.1. The van der Waals surface area contributed by atoms with Crippen LogP contribution in [0.3, 0.4) is 0 Å². The van der Waals surface area contributed by atoms with Gasteiger partial charge in [-0.15, -0.1) is 0 Å². The van der Waals surface area contributed by atoms with Crippen LogP contribution in [0, 0.1) is 5.82 Å². The molecule has 0 spiro atoms. The molecule has 1 fully saturated rings. The summed E-state index contributed by atoms with van der Waals surface area (Å²) < 4.78 is 32.5. The third kappa shape index (κ3) is 5.35. The lowest BCUT2D eigenvalue weighted by atomic mass is 9.98. The zero-order chi connectivity index (χ0) is 27.6. The second-order valence-corrected chi connectivity index (χ2v) is 10.0. The van der Waals surface area contributed by atoms with Gasteiger partial charge in [0.25, 0.3) is 11.5 Å². The summed E-state index contributed by atoms with van der Waals surface area (Å²) in [5.74, 6) is -1.17. The Morgan fingerprint density at radius 1 is 1.11 bits per heavy atom. The Bertz CT molecular complexity index is 1380. The number of likely N-dealkylation sites (tertiary alicyclic amines) is 1. The molecule has 1 N–H and O–H groups in total. The Labute approximate surface area is 220 Å². The minimum atomic E-state index is -0.889. The molecule has 0 bridgehead atoms. The van der Waals surface area contributed by atoms with Crippen LogP contribution in [0.15, 0.2) is 47.3 Å². The summed E-state index contributed by atoms with van der Waals surface area (Å²) >= 11 is 0. The van der Waals surface area contributed by atoms with Crippen molar-refractivity contribution in [3.63, 3.8) is 0 Å². The highest BCUT2D eigenvalue weighted by Gasteiger charge is 2.34. The van der Waals surface area contributed by atoms with Gasteiger partial charge in [-0.05, 0) is 51.0 Å². The maximum Gasteiger partial charge on any atom is 0.289 e. The van der Waals surface area contributed by atoms with Crippen molar-refractivity contribution in [2.75, 3.05) is 27.3 Å². The van der Waals surface area contributed by atoms with Gasteiger partial charge < -0.3 is 24.2 Å². The van der Waals surface area contributed by atoms with E-state index in [1.807, 2.05) is 20.8 Å². The standard InChI is InChI=1S/C28H32FN3O6/c1-28(2,3)38-16-22-30-25(33)23(27(35)32(22)24-20(36-4)11-8-12-21(24)37-5)26(34)31-14-13-17(15-31)18-9-6-7-10-19(18)29/h6-12,17,35H,13-16H2,1-5H3. The second-order valence-electron chi connectivity index (χ2n) is 10.0. The normalized spacial score (nSPS) is 15.5. The molecule has 0 saturated carbocycles. The number of halogens is 1. The lowest BCUT2D eigenvalue weighted by Crippen LogP contribution is -2.35. The Balaban J connectivity index is 1.81. The number of rotatable bonds is 7. The third-order valence-electron chi connectivity index (χ3n) is 6.43. The maximum atomic E-state index is 14.4. The van der Waals surface area contributed by atoms with E-state index in [1.165, 1.54) is 29.8 Å². The van der Waals surface area contributed by atoms with Crippen LogP contribution >= 0.6 is 0 Å². The Morgan fingerprint density at radius 2 is 1.76 bits per heavy atom. The van der Waals surface area contributed by atoms with Crippen molar-refractivity contribution >= 4 is 5.91 Å². The van der Waals surface area contributed by atoms with Crippen molar-refractivity contribution in [1.82, 2.24) is 14.5 Å². The highest BCUT2D eigenvalue weighted by molar-refractivity contribution is 5.96. The SMILES string of the molecule is COc1cccc(OC)c1-n1c(COC(C)(C)C)nc(=O)c(C(=O)N2CCC(c3ccccc3F)C2)c1O. The van der Waals surface area contributed by atoms with Crippen LogP contribution in [0.4, 0.5) is 4.39 Å². The van der Waals surface area contributed by atoms with Crippen molar-refractivity contribution in [2.45, 2.75) is 45.3 Å². The molecule has 1 unspecified atom stereocenters. The van der Waals surface area contributed by atoms with Gasteiger partial charge in [0.2, 0.25) is 5.88 Å². The van der Waals surface area contributed by atoms with E-state index in [0.29, 0.717) is 30.0 Å². The molecule has 1 aromatic heterocycles. The molecule has 4 rings (SSSR count). The van der Waals surface area contributed by atoms with Crippen LogP contribution in [0.2, 0.25) is 0 Å². The molecule has 0 radical (unpaired) electrons. The number of carbonyl (C=O) groups is 1. The van der Waals surface area contributed by atoms with E-state index in [-0.39, 0.29) is 36.4 Å². The molecule has 1 amide bonds. The Hall–Kier alpha value is -3.92. The highest BCUT2D eigenvalue weighted by atomic mass is 19.1. The van der Waals surface area contributed by atoms with E-state index in [0.717, 1.165) is 0 Å². The number of carbonyl (C=O) groups excluding carboxylic acids is 1. The monoisotopic (exact) mass is 525 g/mol. The van der Waals surface area contributed by atoms with Crippen molar-refractivity contribution in [2.24, 2.45) is 0 Å². The fraction of sp³-hybridized carbons (Fsp3) is 0.393. The quantitative estimate of drug-likeness (QED) is 0.497. The molecule has 1 aliphatic rings. The molecular weight excluding hydrogens is 493 g/mol. The summed E-state index contributed by atoms with van der Waals surface area (Å²) in [6.45, 7) is 5.89.